The van der Waals surface area contributed by atoms with Crippen molar-refractivity contribution in [2.24, 2.45) is 0 Å². The van der Waals surface area contributed by atoms with Crippen LogP contribution in [0.5, 0.6) is 5.75 Å². The van der Waals surface area contributed by atoms with Gasteiger partial charge in [-0.05, 0) is 56.3 Å². The van der Waals surface area contributed by atoms with Gasteiger partial charge in [0, 0.05) is 6.04 Å². The number of aryl methyl sites for hydroxylation is 1. The van der Waals surface area contributed by atoms with Crippen LogP contribution in [-0.4, -0.2) is 19.2 Å². The second-order valence-electron chi connectivity index (χ2n) is 5.65. The van der Waals surface area contributed by atoms with Gasteiger partial charge in [0.15, 0.2) is 0 Å². The molecule has 2 heteroatoms. The fourth-order valence-electron chi connectivity index (χ4n) is 2.27. The van der Waals surface area contributed by atoms with E-state index >= 15 is 0 Å². The summed E-state index contributed by atoms with van der Waals surface area (Å²) in [6, 6.07) is 7.09. The fraction of sp³-hybridized carbons (Fsp3) is 0.647. The molecule has 0 fully saturated rings. The van der Waals surface area contributed by atoms with Crippen molar-refractivity contribution in [1.29, 1.82) is 0 Å². The Morgan fingerprint density at radius 2 is 1.95 bits per heavy atom. The van der Waals surface area contributed by atoms with Gasteiger partial charge < -0.3 is 10.1 Å². The molecule has 0 aliphatic rings. The molecule has 1 unspecified atom stereocenters. The molecule has 1 rings (SSSR count). The molecule has 0 saturated heterocycles. The van der Waals surface area contributed by atoms with Crippen molar-refractivity contribution < 1.29 is 4.74 Å². The van der Waals surface area contributed by atoms with Crippen LogP contribution in [0.15, 0.2) is 18.2 Å². The van der Waals surface area contributed by atoms with Crippen LogP contribution in [0.2, 0.25) is 0 Å². The lowest BCUT2D eigenvalue weighted by Crippen LogP contribution is -2.25. The van der Waals surface area contributed by atoms with E-state index in [0.29, 0.717) is 12.0 Å². The van der Waals surface area contributed by atoms with Gasteiger partial charge >= 0.3 is 0 Å². The molecule has 2 nitrogen and oxygen atoms in total. The lowest BCUT2D eigenvalue weighted by atomic mass is 10.0. The van der Waals surface area contributed by atoms with E-state index < -0.39 is 0 Å². The number of hydrogen-bond donors (Lipinski definition) is 1. The first-order valence-corrected chi connectivity index (χ1v) is 7.51. The molecule has 0 aromatic heterocycles. The maximum Gasteiger partial charge on any atom is 0.122 e. The normalized spacial score (nSPS) is 12.7. The smallest absolute Gasteiger partial charge is 0.122 e. The molecule has 1 atom stereocenters. The largest absolute Gasteiger partial charge is 0.493 e. The molecule has 0 aliphatic carbocycles. The fourth-order valence-corrected chi connectivity index (χ4v) is 2.27. The van der Waals surface area contributed by atoms with Crippen LogP contribution < -0.4 is 10.1 Å². The molecule has 1 N–H and O–H groups in total. The van der Waals surface area contributed by atoms with Crippen LogP contribution in [0, 0.1) is 6.92 Å². The van der Waals surface area contributed by atoms with Gasteiger partial charge in [-0.15, -0.1) is 0 Å². The highest BCUT2D eigenvalue weighted by molar-refractivity contribution is 5.39. The molecule has 0 spiro atoms. The molecule has 0 radical (unpaired) electrons. The van der Waals surface area contributed by atoms with E-state index in [-0.39, 0.29) is 0 Å². The Balaban J connectivity index is 2.46. The van der Waals surface area contributed by atoms with E-state index in [4.69, 9.17) is 4.74 Å². The highest BCUT2D eigenvalue weighted by Gasteiger charge is 2.08. The predicted molar refractivity (Wildman–Crippen MR) is 83.1 cm³/mol. The zero-order valence-electron chi connectivity index (χ0n) is 13.1. The molecule has 1 aromatic rings. The number of nitrogens with one attached hydrogen (secondary N) is 1. The molecule has 0 aliphatic heterocycles. The van der Waals surface area contributed by atoms with Crippen LogP contribution >= 0.6 is 0 Å². The molecule has 19 heavy (non-hydrogen) atoms. The van der Waals surface area contributed by atoms with E-state index in [2.05, 4.69) is 58.1 Å². The van der Waals surface area contributed by atoms with Crippen molar-refractivity contribution >= 4 is 0 Å². The van der Waals surface area contributed by atoms with Gasteiger partial charge in [-0.1, -0.05) is 32.9 Å². The van der Waals surface area contributed by atoms with Gasteiger partial charge in [0.05, 0.1) is 6.61 Å². The number of benzene rings is 1. The highest BCUT2D eigenvalue weighted by atomic mass is 16.5. The predicted octanol–water partition coefficient (Wildman–Crippen LogP) is 4.28. The molecule has 0 bridgehead atoms. The monoisotopic (exact) mass is 263 g/mol. The van der Waals surface area contributed by atoms with E-state index in [1.54, 1.807) is 0 Å². The Morgan fingerprint density at radius 3 is 2.58 bits per heavy atom. The van der Waals surface area contributed by atoms with Gasteiger partial charge in [0.2, 0.25) is 0 Å². The van der Waals surface area contributed by atoms with Crippen LogP contribution in [-0.2, 0) is 0 Å². The molecule has 0 amide bonds. The lowest BCUT2D eigenvalue weighted by molar-refractivity contribution is 0.294. The first-order valence-electron chi connectivity index (χ1n) is 7.51. The SMILES string of the molecule is CCNC(C)CCCOc1cc(C)ccc1C(C)C. The van der Waals surface area contributed by atoms with Crippen LogP contribution in [0.3, 0.4) is 0 Å². The Bertz CT molecular complexity index is 374. The summed E-state index contributed by atoms with van der Waals surface area (Å²) in [6.45, 7) is 12.8. The Morgan fingerprint density at radius 1 is 1.21 bits per heavy atom. The number of rotatable bonds is 8. The van der Waals surface area contributed by atoms with Crippen molar-refractivity contribution in [3.63, 3.8) is 0 Å². The first kappa shape index (κ1) is 16.0. The van der Waals surface area contributed by atoms with Crippen molar-refractivity contribution in [1.82, 2.24) is 5.32 Å². The summed E-state index contributed by atoms with van der Waals surface area (Å²) in [4.78, 5) is 0. The molecule has 1 aromatic carbocycles. The van der Waals surface area contributed by atoms with Crippen molar-refractivity contribution in [2.45, 2.75) is 59.4 Å². The van der Waals surface area contributed by atoms with E-state index in [1.807, 2.05) is 0 Å². The quantitative estimate of drug-likeness (QED) is 0.707. The summed E-state index contributed by atoms with van der Waals surface area (Å²) < 4.78 is 5.98. The summed E-state index contributed by atoms with van der Waals surface area (Å²) in [6.07, 6.45) is 2.26. The standard InChI is InChI=1S/C17H29NO/c1-6-18-15(5)8-7-11-19-17-12-14(4)9-10-16(17)13(2)3/h9-10,12-13,15,18H,6-8,11H2,1-5H3. The topological polar surface area (TPSA) is 21.3 Å². The zero-order chi connectivity index (χ0) is 14.3. The minimum atomic E-state index is 0.510. The molecule has 108 valence electrons. The minimum absolute atomic E-state index is 0.510. The molecular formula is C17H29NO. The van der Waals surface area contributed by atoms with Gasteiger partial charge in [0.25, 0.3) is 0 Å². The van der Waals surface area contributed by atoms with Crippen molar-refractivity contribution in [2.75, 3.05) is 13.2 Å². The maximum absolute atomic E-state index is 5.98. The summed E-state index contributed by atoms with van der Waals surface area (Å²) in [5.41, 5.74) is 2.57. The van der Waals surface area contributed by atoms with E-state index in [0.717, 1.165) is 31.7 Å². The van der Waals surface area contributed by atoms with Crippen molar-refractivity contribution in [3.8, 4) is 5.75 Å². The van der Waals surface area contributed by atoms with E-state index in [9.17, 15) is 0 Å². The third kappa shape index (κ3) is 5.65. The maximum atomic E-state index is 5.98. The first-order chi connectivity index (χ1) is 9.04. The lowest BCUT2D eigenvalue weighted by Gasteiger charge is -2.16. The van der Waals surface area contributed by atoms with E-state index in [1.165, 1.54) is 11.1 Å². The summed E-state index contributed by atoms with van der Waals surface area (Å²) in [5, 5.41) is 3.43. The minimum Gasteiger partial charge on any atom is -0.493 e. The number of ether oxygens (including phenoxy) is 1. The Kier molecular flexibility index (Phi) is 6.93. The third-order valence-corrected chi connectivity index (χ3v) is 3.38. The molecule has 0 heterocycles. The highest BCUT2D eigenvalue weighted by Crippen LogP contribution is 2.27. The summed E-state index contributed by atoms with van der Waals surface area (Å²) >= 11 is 0. The molecule has 0 saturated carbocycles. The second-order valence-corrected chi connectivity index (χ2v) is 5.65. The Labute approximate surface area is 118 Å². The third-order valence-electron chi connectivity index (χ3n) is 3.38. The van der Waals surface area contributed by atoms with Crippen LogP contribution in [0.25, 0.3) is 0 Å². The van der Waals surface area contributed by atoms with Gasteiger partial charge in [-0.2, -0.15) is 0 Å². The summed E-state index contributed by atoms with van der Waals surface area (Å²) in [7, 11) is 0. The van der Waals surface area contributed by atoms with Gasteiger partial charge in [-0.3, -0.25) is 0 Å². The summed E-state index contributed by atoms with van der Waals surface area (Å²) in [5.74, 6) is 1.57. The zero-order valence-corrected chi connectivity index (χ0v) is 13.1. The average Bonchev–Trinajstić information content (AvgIpc) is 2.34. The number of hydrogen-bond acceptors (Lipinski definition) is 2. The van der Waals surface area contributed by atoms with Crippen LogP contribution in [0.1, 0.15) is 57.6 Å². The van der Waals surface area contributed by atoms with Gasteiger partial charge in [0.1, 0.15) is 5.75 Å². The van der Waals surface area contributed by atoms with Crippen molar-refractivity contribution in [3.05, 3.63) is 29.3 Å². The Hall–Kier alpha value is -1.02. The molecular weight excluding hydrogens is 234 g/mol. The van der Waals surface area contributed by atoms with Crippen LogP contribution in [0.4, 0.5) is 0 Å². The second kappa shape index (κ2) is 8.21. The average molecular weight is 263 g/mol. The van der Waals surface area contributed by atoms with Gasteiger partial charge in [-0.25, -0.2) is 0 Å².